The van der Waals surface area contributed by atoms with Crippen LogP contribution >= 0.6 is 47.2 Å². The molecule has 1 aliphatic rings. The first kappa shape index (κ1) is 20.9. The Labute approximate surface area is 182 Å². The van der Waals surface area contributed by atoms with Gasteiger partial charge < -0.3 is 5.32 Å². The molecule has 1 fully saturated rings. The number of thioether (sulfide) groups is 1. The first-order chi connectivity index (χ1) is 13.4. The Balaban J connectivity index is 1.54. The monoisotopic (exact) mass is 450 g/mol. The van der Waals surface area contributed by atoms with Crippen LogP contribution in [0.3, 0.4) is 0 Å². The molecule has 0 aromatic heterocycles. The van der Waals surface area contributed by atoms with E-state index < -0.39 is 0 Å². The maximum atomic E-state index is 12.6. The van der Waals surface area contributed by atoms with Gasteiger partial charge in [-0.1, -0.05) is 65.4 Å². The van der Waals surface area contributed by atoms with Gasteiger partial charge in [0.2, 0.25) is 5.91 Å². The Hall–Kier alpha value is -1.86. The number of halogens is 2. The molecule has 1 heterocycles. The smallest absolute Gasteiger partial charge is 0.266 e. The Morgan fingerprint density at radius 2 is 1.86 bits per heavy atom. The van der Waals surface area contributed by atoms with Crippen molar-refractivity contribution in [1.29, 1.82) is 0 Å². The fourth-order valence-corrected chi connectivity index (χ4v) is 4.20. The minimum atomic E-state index is -0.159. The van der Waals surface area contributed by atoms with E-state index >= 15 is 0 Å². The number of nitrogens with one attached hydrogen (secondary N) is 1. The number of thiocarbonyl (C=S) groups is 1. The van der Waals surface area contributed by atoms with Crippen LogP contribution in [0.4, 0.5) is 5.69 Å². The van der Waals surface area contributed by atoms with Crippen molar-refractivity contribution in [1.82, 2.24) is 4.90 Å². The third kappa shape index (κ3) is 5.35. The van der Waals surface area contributed by atoms with Crippen LogP contribution in [-0.4, -0.2) is 27.6 Å². The second-order valence-corrected chi connectivity index (χ2v) is 8.53. The summed E-state index contributed by atoms with van der Waals surface area (Å²) < 4.78 is 0.487. The lowest BCUT2D eigenvalue weighted by Crippen LogP contribution is -2.29. The molecule has 3 rings (SSSR count). The van der Waals surface area contributed by atoms with Crippen molar-refractivity contribution in [2.75, 3.05) is 11.9 Å². The zero-order valence-electron chi connectivity index (χ0n) is 14.7. The molecule has 144 valence electrons. The van der Waals surface area contributed by atoms with Gasteiger partial charge in [0, 0.05) is 28.7 Å². The third-order valence-electron chi connectivity index (χ3n) is 3.98. The highest BCUT2D eigenvalue weighted by Gasteiger charge is 2.31. The molecular formula is C20H16Cl2N2O2S2. The van der Waals surface area contributed by atoms with Crippen LogP contribution in [0.15, 0.2) is 53.4 Å². The summed E-state index contributed by atoms with van der Waals surface area (Å²) in [5.74, 6) is -0.285. The number of hydrogen-bond acceptors (Lipinski definition) is 4. The normalized spacial score (nSPS) is 15.4. The highest BCUT2D eigenvalue weighted by molar-refractivity contribution is 8.26. The lowest BCUT2D eigenvalue weighted by Gasteiger charge is -2.14. The van der Waals surface area contributed by atoms with E-state index in [9.17, 15) is 9.59 Å². The minimum absolute atomic E-state index is 0.126. The molecule has 0 atom stereocenters. The number of benzene rings is 2. The van der Waals surface area contributed by atoms with E-state index in [2.05, 4.69) is 5.32 Å². The highest BCUT2D eigenvalue weighted by atomic mass is 35.5. The second-order valence-electron chi connectivity index (χ2n) is 6.01. The first-order valence-electron chi connectivity index (χ1n) is 8.49. The lowest BCUT2D eigenvalue weighted by atomic mass is 10.2. The van der Waals surface area contributed by atoms with Crippen molar-refractivity contribution in [3.05, 3.63) is 69.0 Å². The van der Waals surface area contributed by atoms with Gasteiger partial charge in [0.15, 0.2) is 0 Å². The highest BCUT2D eigenvalue weighted by Crippen LogP contribution is 2.33. The molecule has 8 heteroatoms. The molecule has 0 radical (unpaired) electrons. The standard InChI is InChI=1S/C20H16Cl2N2O2S2/c21-14-7-9-15(10-8-14)23-18(25)6-3-11-24-19(26)17(28-20(24)27)12-13-4-1-2-5-16(13)22/h1-2,4-5,7-10,12H,3,6,11H2,(H,23,25). The number of anilines is 1. The van der Waals surface area contributed by atoms with Crippen molar-refractivity contribution in [2.45, 2.75) is 12.8 Å². The maximum absolute atomic E-state index is 12.6. The number of rotatable bonds is 6. The lowest BCUT2D eigenvalue weighted by molar-refractivity contribution is -0.122. The van der Waals surface area contributed by atoms with E-state index in [1.54, 1.807) is 36.4 Å². The van der Waals surface area contributed by atoms with Crippen molar-refractivity contribution >= 4 is 75.1 Å². The zero-order valence-corrected chi connectivity index (χ0v) is 17.8. The van der Waals surface area contributed by atoms with E-state index in [-0.39, 0.29) is 18.2 Å². The van der Waals surface area contributed by atoms with Crippen molar-refractivity contribution in [3.63, 3.8) is 0 Å². The Bertz CT molecular complexity index is 945. The molecule has 0 aliphatic carbocycles. The molecular weight excluding hydrogens is 435 g/mol. The number of carbonyl (C=O) groups excluding carboxylic acids is 2. The summed E-state index contributed by atoms with van der Waals surface area (Å²) >= 11 is 18.5. The number of amides is 2. The predicted octanol–water partition coefficient (Wildman–Crippen LogP) is 5.61. The zero-order chi connectivity index (χ0) is 20.1. The number of nitrogens with zero attached hydrogens (tertiary/aromatic N) is 1. The van der Waals surface area contributed by atoms with Crippen LogP contribution in [0.1, 0.15) is 18.4 Å². The Kier molecular flexibility index (Phi) is 7.13. The van der Waals surface area contributed by atoms with Gasteiger partial charge in [0.1, 0.15) is 4.32 Å². The van der Waals surface area contributed by atoms with E-state index in [4.69, 9.17) is 35.4 Å². The molecule has 2 amide bonds. The molecule has 1 saturated heterocycles. The minimum Gasteiger partial charge on any atom is -0.326 e. The van der Waals surface area contributed by atoms with E-state index in [0.717, 1.165) is 5.56 Å². The molecule has 4 nitrogen and oxygen atoms in total. The van der Waals surface area contributed by atoms with Crippen LogP contribution in [0, 0.1) is 0 Å². The van der Waals surface area contributed by atoms with E-state index in [1.165, 1.54) is 16.7 Å². The predicted molar refractivity (Wildman–Crippen MR) is 121 cm³/mol. The van der Waals surface area contributed by atoms with Gasteiger partial charge in [0.05, 0.1) is 4.91 Å². The summed E-state index contributed by atoms with van der Waals surface area (Å²) in [5.41, 5.74) is 1.45. The van der Waals surface area contributed by atoms with Gasteiger partial charge in [-0.05, 0) is 48.4 Å². The average Bonchev–Trinajstić information content (AvgIpc) is 2.93. The van der Waals surface area contributed by atoms with Gasteiger partial charge in [0.25, 0.3) is 5.91 Å². The number of carbonyl (C=O) groups is 2. The van der Waals surface area contributed by atoms with Crippen LogP contribution in [0.25, 0.3) is 6.08 Å². The quantitative estimate of drug-likeness (QED) is 0.458. The molecule has 2 aromatic carbocycles. The molecule has 0 spiro atoms. The topological polar surface area (TPSA) is 49.4 Å². The molecule has 0 saturated carbocycles. The molecule has 2 aromatic rings. The number of hydrogen-bond donors (Lipinski definition) is 1. The second kappa shape index (κ2) is 9.56. The summed E-state index contributed by atoms with van der Waals surface area (Å²) in [6, 6.07) is 14.2. The van der Waals surface area contributed by atoms with Gasteiger partial charge >= 0.3 is 0 Å². The molecule has 0 bridgehead atoms. The summed E-state index contributed by atoms with van der Waals surface area (Å²) in [5, 5.41) is 3.98. The molecule has 28 heavy (non-hydrogen) atoms. The van der Waals surface area contributed by atoms with Crippen LogP contribution in [0.5, 0.6) is 0 Å². The van der Waals surface area contributed by atoms with Crippen molar-refractivity contribution < 1.29 is 9.59 Å². The van der Waals surface area contributed by atoms with Gasteiger partial charge in [-0.2, -0.15) is 0 Å². The third-order valence-corrected chi connectivity index (χ3v) is 5.95. The van der Waals surface area contributed by atoms with Gasteiger partial charge in [-0.25, -0.2) is 0 Å². The Morgan fingerprint density at radius 3 is 2.57 bits per heavy atom. The summed E-state index contributed by atoms with van der Waals surface area (Å²) in [6.45, 7) is 0.387. The molecule has 1 aliphatic heterocycles. The van der Waals surface area contributed by atoms with Crippen LogP contribution < -0.4 is 5.32 Å². The molecule has 0 unspecified atom stereocenters. The van der Waals surface area contributed by atoms with Gasteiger partial charge in [-0.3, -0.25) is 14.5 Å². The van der Waals surface area contributed by atoms with Crippen molar-refractivity contribution in [3.8, 4) is 0 Å². The SMILES string of the molecule is O=C(CCCN1C(=O)C(=Cc2ccccc2Cl)SC1=S)Nc1ccc(Cl)cc1. The Morgan fingerprint density at radius 1 is 1.14 bits per heavy atom. The summed E-state index contributed by atoms with van der Waals surface area (Å²) in [7, 11) is 0. The van der Waals surface area contributed by atoms with E-state index in [1.807, 2.05) is 18.2 Å². The van der Waals surface area contributed by atoms with Crippen molar-refractivity contribution in [2.24, 2.45) is 0 Å². The fourth-order valence-electron chi connectivity index (χ4n) is 2.58. The fraction of sp³-hybridized carbons (Fsp3) is 0.150. The first-order valence-corrected chi connectivity index (χ1v) is 10.5. The largest absolute Gasteiger partial charge is 0.326 e. The van der Waals surface area contributed by atoms with Gasteiger partial charge in [-0.15, -0.1) is 0 Å². The van der Waals surface area contributed by atoms with Crippen LogP contribution in [0.2, 0.25) is 10.0 Å². The maximum Gasteiger partial charge on any atom is 0.266 e. The van der Waals surface area contributed by atoms with Crippen LogP contribution in [-0.2, 0) is 9.59 Å². The van der Waals surface area contributed by atoms with E-state index in [0.29, 0.717) is 37.9 Å². The summed E-state index contributed by atoms with van der Waals surface area (Å²) in [4.78, 5) is 26.7. The average molecular weight is 451 g/mol. The molecule has 1 N–H and O–H groups in total. The summed E-state index contributed by atoms with van der Waals surface area (Å²) in [6.07, 6.45) is 2.53.